The number of aromatic nitrogens is 3. The molecule has 2 aromatic heterocycles. The fraction of sp³-hybridized carbons (Fsp3) is 0.167. The molecular weight excluding hydrogens is 406 g/mol. The number of aryl methyl sites for hydroxylation is 1. The number of benzene rings is 2. The molecule has 4 aromatic rings. The number of aliphatic hydroxyl groups is 1. The first-order chi connectivity index (χ1) is 15.4. The van der Waals surface area contributed by atoms with E-state index >= 15 is 0 Å². The predicted octanol–water partition coefficient (Wildman–Crippen LogP) is 2.88. The third kappa shape index (κ3) is 3.30. The highest BCUT2D eigenvalue weighted by atomic mass is 16.3. The molecule has 2 aromatic carbocycles. The van der Waals surface area contributed by atoms with Crippen molar-refractivity contribution in [3.63, 3.8) is 0 Å². The predicted molar refractivity (Wildman–Crippen MR) is 120 cm³/mol. The lowest BCUT2D eigenvalue weighted by Gasteiger charge is -2.34. The quantitative estimate of drug-likeness (QED) is 0.382. The van der Waals surface area contributed by atoms with Crippen molar-refractivity contribution in [2.75, 3.05) is 11.4 Å². The van der Waals surface area contributed by atoms with Crippen LogP contribution in [-0.2, 0) is 11.8 Å². The van der Waals surface area contributed by atoms with Gasteiger partial charge in [-0.1, -0.05) is 30.3 Å². The first-order valence-electron chi connectivity index (χ1n) is 10.2. The van der Waals surface area contributed by atoms with Gasteiger partial charge in [0.1, 0.15) is 11.5 Å². The van der Waals surface area contributed by atoms with Crippen LogP contribution >= 0.6 is 0 Å². The van der Waals surface area contributed by atoms with Crippen LogP contribution in [0.5, 0.6) is 0 Å². The minimum Gasteiger partial charge on any atom is -0.388 e. The lowest BCUT2D eigenvalue weighted by molar-refractivity contribution is -0.114. The molecule has 1 atom stereocenters. The summed E-state index contributed by atoms with van der Waals surface area (Å²) in [6.45, 7) is 0.506. The maximum atomic E-state index is 12.3. The molecular formula is C24H21N5O3. The largest absolute Gasteiger partial charge is 0.388 e. The second-order valence-electron chi connectivity index (χ2n) is 7.88. The number of anilines is 2. The van der Waals surface area contributed by atoms with E-state index in [9.17, 15) is 14.7 Å². The molecule has 0 saturated carbocycles. The average Bonchev–Trinajstić information content (AvgIpc) is 3.24. The highest BCUT2D eigenvalue weighted by Crippen LogP contribution is 2.41. The molecule has 3 heterocycles. The lowest BCUT2D eigenvalue weighted by atomic mass is 9.94. The van der Waals surface area contributed by atoms with Crippen molar-refractivity contribution in [2.45, 2.75) is 12.5 Å². The normalized spacial score (nSPS) is 15.6. The van der Waals surface area contributed by atoms with Gasteiger partial charge in [-0.2, -0.15) is 5.10 Å². The Morgan fingerprint density at radius 3 is 2.69 bits per heavy atom. The Morgan fingerprint density at radius 2 is 1.94 bits per heavy atom. The highest BCUT2D eigenvalue weighted by molar-refractivity contribution is 6.42. The Bertz CT molecular complexity index is 1380. The summed E-state index contributed by atoms with van der Waals surface area (Å²) in [5.41, 5.74) is 8.72. The van der Waals surface area contributed by atoms with E-state index in [1.807, 2.05) is 60.6 Å². The van der Waals surface area contributed by atoms with Gasteiger partial charge in [0.2, 0.25) is 0 Å². The fourth-order valence-corrected chi connectivity index (χ4v) is 4.19. The first kappa shape index (κ1) is 19.9. The van der Waals surface area contributed by atoms with Crippen molar-refractivity contribution in [3.8, 4) is 11.1 Å². The number of fused-ring (bicyclic) bond motifs is 2. The number of ketones is 1. The molecule has 1 unspecified atom stereocenters. The van der Waals surface area contributed by atoms with E-state index in [4.69, 9.17) is 5.73 Å². The summed E-state index contributed by atoms with van der Waals surface area (Å²) in [4.78, 5) is 30.4. The summed E-state index contributed by atoms with van der Waals surface area (Å²) in [7, 11) is 1.86. The van der Waals surface area contributed by atoms with Gasteiger partial charge < -0.3 is 15.7 Å². The topological polar surface area (TPSA) is 114 Å². The zero-order valence-electron chi connectivity index (χ0n) is 17.4. The Hall–Kier alpha value is -4.04. The second kappa shape index (κ2) is 7.58. The molecule has 0 radical (unpaired) electrons. The molecule has 0 fully saturated rings. The van der Waals surface area contributed by atoms with E-state index in [2.05, 4.69) is 10.1 Å². The minimum atomic E-state index is -1.05. The Balaban J connectivity index is 1.67. The van der Waals surface area contributed by atoms with Gasteiger partial charge in [0.25, 0.3) is 11.7 Å². The van der Waals surface area contributed by atoms with Crippen molar-refractivity contribution in [3.05, 3.63) is 72.2 Å². The number of rotatable bonds is 4. The van der Waals surface area contributed by atoms with Crippen molar-refractivity contribution in [2.24, 2.45) is 12.8 Å². The zero-order valence-corrected chi connectivity index (χ0v) is 17.4. The molecule has 8 nitrogen and oxygen atoms in total. The van der Waals surface area contributed by atoms with Crippen molar-refractivity contribution >= 4 is 34.0 Å². The van der Waals surface area contributed by atoms with Gasteiger partial charge in [-0.3, -0.25) is 14.3 Å². The molecule has 8 heteroatoms. The smallest absolute Gasteiger partial charge is 0.291 e. The third-order valence-corrected chi connectivity index (χ3v) is 5.77. The number of pyridine rings is 1. The number of carbonyl (C=O) groups excluding carboxylic acids is 2. The number of hydrogen-bond donors (Lipinski definition) is 2. The van der Waals surface area contributed by atoms with E-state index in [1.165, 1.54) is 0 Å². The summed E-state index contributed by atoms with van der Waals surface area (Å²) >= 11 is 0. The van der Waals surface area contributed by atoms with Gasteiger partial charge in [-0.25, -0.2) is 4.98 Å². The minimum absolute atomic E-state index is 0.00542. The van der Waals surface area contributed by atoms with E-state index in [0.717, 1.165) is 33.2 Å². The standard InChI is InChI=1S/C24H21N5O3/c1-28-13-16(12-26-28)14-6-7-20-18(10-14)21(30)8-9-29(20)24-17-5-3-2-4-15(17)11-19(27-24)22(31)23(25)32/h2-7,10-13,21,30H,8-9H2,1H3,(H2,25,32). The van der Waals surface area contributed by atoms with Gasteiger partial charge in [0.15, 0.2) is 0 Å². The van der Waals surface area contributed by atoms with Crippen LogP contribution in [0, 0.1) is 0 Å². The van der Waals surface area contributed by atoms with Gasteiger partial charge in [-0.05, 0) is 35.6 Å². The molecule has 5 rings (SSSR count). The molecule has 0 aliphatic carbocycles. The molecule has 1 aliphatic rings. The molecule has 160 valence electrons. The summed E-state index contributed by atoms with van der Waals surface area (Å²) < 4.78 is 1.73. The fourth-order valence-electron chi connectivity index (χ4n) is 4.19. The number of nitrogens with zero attached hydrogens (tertiary/aromatic N) is 4. The summed E-state index contributed by atoms with van der Waals surface area (Å²) in [5, 5.41) is 16.6. The van der Waals surface area contributed by atoms with Crippen molar-refractivity contribution in [1.29, 1.82) is 0 Å². The molecule has 1 aliphatic heterocycles. The van der Waals surface area contributed by atoms with Crippen LogP contribution < -0.4 is 10.6 Å². The van der Waals surface area contributed by atoms with Gasteiger partial charge >= 0.3 is 0 Å². The SMILES string of the molecule is Cn1cc(-c2ccc3c(c2)C(O)CCN3c2nc(C(=O)C(N)=O)cc3ccccc23)cn1. The lowest BCUT2D eigenvalue weighted by Crippen LogP contribution is -2.29. The van der Waals surface area contributed by atoms with Crippen LogP contribution in [0.1, 0.15) is 28.6 Å². The number of aliphatic hydroxyl groups excluding tert-OH is 1. The summed E-state index contributed by atoms with van der Waals surface area (Å²) in [5.74, 6) is -1.33. The number of carbonyl (C=O) groups is 2. The molecule has 1 amide bonds. The van der Waals surface area contributed by atoms with E-state index < -0.39 is 17.8 Å². The molecule has 32 heavy (non-hydrogen) atoms. The number of Topliss-reactive ketones (excluding diaryl/α,β-unsaturated/α-hetero) is 1. The monoisotopic (exact) mass is 427 g/mol. The van der Waals surface area contributed by atoms with Crippen LogP contribution in [0.15, 0.2) is 60.9 Å². The van der Waals surface area contributed by atoms with E-state index in [-0.39, 0.29) is 5.69 Å². The second-order valence-corrected chi connectivity index (χ2v) is 7.88. The van der Waals surface area contributed by atoms with Crippen LogP contribution in [0.25, 0.3) is 21.9 Å². The Kier molecular flexibility index (Phi) is 4.71. The first-order valence-corrected chi connectivity index (χ1v) is 10.2. The van der Waals surface area contributed by atoms with Crippen LogP contribution in [0.2, 0.25) is 0 Å². The Labute approximate surface area is 183 Å². The van der Waals surface area contributed by atoms with E-state index in [0.29, 0.717) is 18.8 Å². The van der Waals surface area contributed by atoms with Crippen LogP contribution in [-0.4, -0.2) is 38.1 Å². The zero-order chi connectivity index (χ0) is 22.4. The summed E-state index contributed by atoms with van der Waals surface area (Å²) in [6, 6.07) is 15.0. The Morgan fingerprint density at radius 1 is 1.12 bits per heavy atom. The average molecular weight is 427 g/mol. The third-order valence-electron chi connectivity index (χ3n) is 5.77. The van der Waals surface area contributed by atoms with Crippen molar-refractivity contribution in [1.82, 2.24) is 14.8 Å². The van der Waals surface area contributed by atoms with Crippen LogP contribution in [0.4, 0.5) is 11.5 Å². The van der Waals surface area contributed by atoms with Gasteiger partial charge in [0.05, 0.1) is 12.3 Å². The molecule has 0 spiro atoms. The van der Waals surface area contributed by atoms with Crippen LogP contribution in [0.3, 0.4) is 0 Å². The molecule has 0 bridgehead atoms. The summed E-state index contributed by atoms with van der Waals surface area (Å²) in [6.07, 6.45) is 3.57. The number of primary amides is 1. The highest BCUT2D eigenvalue weighted by Gasteiger charge is 2.28. The van der Waals surface area contributed by atoms with E-state index in [1.54, 1.807) is 16.9 Å². The number of amides is 1. The molecule has 0 saturated heterocycles. The van der Waals surface area contributed by atoms with Gasteiger partial charge in [-0.15, -0.1) is 0 Å². The van der Waals surface area contributed by atoms with Crippen molar-refractivity contribution < 1.29 is 14.7 Å². The molecule has 3 N–H and O–H groups in total. The maximum absolute atomic E-state index is 12.3. The number of nitrogens with two attached hydrogens (primary N) is 1. The maximum Gasteiger partial charge on any atom is 0.291 e. The van der Waals surface area contributed by atoms with Gasteiger partial charge in [0, 0.05) is 42.0 Å². The number of hydrogen-bond acceptors (Lipinski definition) is 6.